The summed E-state index contributed by atoms with van der Waals surface area (Å²) in [6.07, 6.45) is 1.84. The number of benzene rings is 3. The monoisotopic (exact) mass is 417 g/mol. The Hall–Kier alpha value is -4.18. The van der Waals surface area contributed by atoms with Gasteiger partial charge in [0.2, 0.25) is 0 Å². The fourth-order valence-electron chi connectivity index (χ4n) is 3.90. The van der Waals surface area contributed by atoms with E-state index in [1.807, 2.05) is 73.8 Å². The van der Waals surface area contributed by atoms with Crippen LogP contribution in [-0.4, -0.2) is 15.2 Å². The first-order chi connectivity index (χ1) is 15.8. The fourth-order valence-corrected chi connectivity index (χ4v) is 3.90. The van der Waals surface area contributed by atoms with Crippen molar-refractivity contribution >= 4 is 0 Å². The number of hydrogen-bond donors (Lipinski definition) is 1. The molecule has 0 spiro atoms. The molecule has 0 radical (unpaired) electrons. The SMILES string of the molecule is Cc1cc(-c2cccc(Oc3cccc(C(c4ccccc4)c4ccccn4)c3)c2)n[nH]1. The molecule has 4 nitrogen and oxygen atoms in total. The summed E-state index contributed by atoms with van der Waals surface area (Å²) in [5, 5.41) is 7.34. The van der Waals surface area contributed by atoms with Crippen molar-refractivity contribution in [3.8, 4) is 22.8 Å². The maximum Gasteiger partial charge on any atom is 0.128 e. The molecular formula is C28H23N3O. The molecule has 0 amide bonds. The summed E-state index contributed by atoms with van der Waals surface area (Å²) in [5.74, 6) is 1.59. The summed E-state index contributed by atoms with van der Waals surface area (Å²) < 4.78 is 6.25. The van der Waals surface area contributed by atoms with Gasteiger partial charge in [-0.05, 0) is 60.5 Å². The molecule has 0 aliphatic rings. The summed E-state index contributed by atoms with van der Waals surface area (Å²) in [7, 11) is 0. The van der Waals surface area contributed by atoms with Crippen LogP contribution < -0.4 is 4.74 Å². The standard InChI is InChI=1S/C28H23N3O/c1-20-17-27(31-30-20)22-11-7-13-24(18-22)32-25-14-8-12-23(19-25)28(21-9-3-2-4-10-21)26-15-5-6-16-29-26/h2-19,28H,1H3,(H,30,31). The van der Waals surface area contributed by atoms with E-state index in [4.69, 9.17) is 4.74 Å². The van der Waals surface area contributed by atoms with Crippen LogP contribution >= 0.6 is 0 Å². The lowest BCUT2D eigenvalue weighted by Gasteiger charge is -2.18. The zero-order valence-electron chi connectivity index (χ0n) is 17.8. The number of aromatic amines is 1. The zero-order valence-corrected chi connectivity index (χ0v) is 17.8. The largest absolute Gasteiger partial charge is 0.457 e. The van der Waals surface area contributed by atoms with E-state index in [9.17, 15) is 0 Å². The lowest BCUT2D eigenvalue weighted by Crippen LogP contribution is -2.05. The summed E-state index contributed by atoms with van der Waals surface area (Å²) in [6, 6.07) is 34.7. The van der Waals surface area contributed by atoms with E-state index in [0.29, 0.717) is 0 Å². The maximum atomic E-state index is 6.25. The van der Waals surface area contributed by atoms with Crippen LogP contribution in [0.3, 0.4) is 0 Å². The Labute approximate surface area is 187 Å². The van der Waals surface area contributed by atoms with Crippen molar-refractivity contribution in [2.45, 2.75) is 12.8 Å². The Morgan fingerprint density at radius 2 is 1.47 bits per heavy atom. The molecule has 1 atom stereocenters. The minimum absolute atomic E-state index is 0.0271. The number of rotatable bonds is 6. The molecule has 0 bridgehead atoms. The van der Waals surface area contributed by atoms with Crippen molar-refractivity contribution in [1.29, 1.82) is 0 Å². The average Bonchev–Trinajstić information content (AvgIpc) is 3.28. The van der Waals surface area contributed by atoms with Crippen molar-refractivity contribution < 1.29 is 4.74 Å². The lowest BCUT2D eigenvalue weighted by molar-refractivity contribution is 0.482. The quantitative estimate of drug-likeness (QED) is 0.332. The van der Waals surface area contributed by atoms with Crippen LogP contribution in [0.4, 0.5) is 0 Å². The van der Waals surface area contributed by atoms with Crippen LogP contribution in [0.1, 0.15) is 28.4 Å². The molecule has 0 fully saturated rings. The van der Waals surface area contributed by atoms with Gasteiger partial charge in [-0.25, -0.2) is 0 Å². The van der Waals surface area contributed by atoms with Crippen molar-refractivity contribution in [2.75, 3.05) is 0 Å². The van der Waals surface area contributed by atoms with Gasteiger partial charge in [-0.2, -0.15) is 5.10 Å². The highest BCUT2D eigenvalue weighted by Gasteiger charge is 2.18. The minimum atomic E-state index is 0.0271. The first kappa shape index (κ1) is 19.8. The Morgan fingerprint density at radius 1 is 0.719 bits per heavy atom. The zero-order chi connectivity index (χ0) is 21.8. The predicted octanol–water partition coefficient (Wildman–Crippen LogP) is 6.75. The molecule has 5 aromatic rings. The van der Waals surface area contributed by atoms with E-state index in [1.54, 1.807) is 0 Å². The summed E-state index contributed by atoms with van der Waals surface area (Å²) in [5.41, 5.74) is 6.28. The minimum Gasteiger partial charge on any atom is -0.457 e. The van der Waals surface area contributed by atoms with E-state index in [-0.39, 0.29) is 5.92 Å². The summed E-state index contributed by atoms with van der Waals surface area (Å²) in [6.45, 7) is 1.99. The lowest BCUT2D eigenvalue weighted by atomic mass is 9.88. The van der Waals surface area contributed by atoms with Crippen LogP contribution in [0, 0.1) is 6.92 Å². The molecule has 0 saturated heterocycles. The number of pyridine rings is 1. The number of hydrogen-bond acceptors (Lipinski definition) is 3. The molecule has 1 N–H and O–H groups in total. The normalized spacial score (nSPS) is 11.8. The molecule has 0 aliphatic carbocycles. The van der Waals surface area contributed by atoms with E-state index in [2.05, 4.69) is 57.6 Å². The Bertz CT molecular complexity index is 1270. The van der Waals surface area contributed by atoms with Crippen molar-refractivity contribution in [3.63, 3.8) is 0 Å². The average molecular weight is 418 g/mol. The first-order valence-corrected chi connectivity index (χ1v) is 10.6. The third-order valence-corrected chi connectivity index (χ3v) is 5.38. The molecule has 2 aromatic heterocycles. The van der Waals surface area contributed by atoms with Gasteiger partial charge in [-0.15, -0.1) is 0 Å². The van der Waals surface area contributed by atoms with Gasteiger partial charge in [0.05, 0.1) is 17.3 Å². The molecule has 1 unspecified atom stereocenters. The number of nitrogens with zero attached hydrogens (tertiary/aromatic N) is 2. The molecule has 5 rings (SSSR count). The Morgan fingerprint density at radius 3 is 2.22 bits per heavy atom. The van der Waals surface area contributed by atoms with Crippen molar-refractivity contribution in [1.82, 2.24) is 15.2 Å². The van der Waals surface area contributed by atoms with Crippen LogP contribution in [-0.2, 0) is 0 Å². The third-order valence-electron chi connectivity index (χ3n) is 5.38. The Balaban J connectivity index is 1.48. The van der Waals surface area contributed by atoms with Gasteiger partial charge >= 0.3 is 0 Å². The first-order valence-electron chi connectivity index (χ1n) is 10.6. The second-order valence-corrected chi connectivity index (χ2v) is 7.74. The van der Waals surface area contributed by atoms with Crippen LogP contribution in [0.15, 0.2) is 109 Å². The molecule has 156 valence electrons. The molecular weight excluding hydrogens is 394 g/mol. The summed E-state index contributed by atoms with van der Waals surface area (Å²) in [4.78, 5) is 4.64. The molecule has 3 aromatic carbocycles. The van der Waals surface area contributed by atoms with Gasteiger partial charge in [-0.1, -0.05) is 60.7 Å². The van der Waals surface area contributed by atoms with E-state index < -0.39 is 0 Å². The smallest absolute Gasteiger partial charge is 0.128 e. The van der Waals surface area contributed by atoms with E-state index in [0.717, 1.165) is 39.7 Å². The second-order valence-electron chi connectivity index (χ2n) is 7.74. The topological polar surface area (TPSA) is 50.8 Å². The summed E-state index contributed by atoms with van der Waals surface area (Å²) >= 11 is 0. The van der Waals surface area contributed by atoms with Crippen molar-refractivity contribution in [2.24, 2.45) is 0 Å². The molecule has 32 heavy (non-hydrogen) atoms. The van der Waals surface area contributed by atoms with Gasteiger partial charge in [0.25, 0.3) is 0 Å². The molecule has 4 heteroatoms. The second kappa shape index (κ2) is 8.90. The van der Waals surface area contributed by atoms with Crippen LogP contribution in [0.5, 0.6) is 11.5 Å². The van der Waals surface area contributed by atoms with Gasteiger partial charge in [0.15, 0.2) is 0 Å². The third kappa shape index (κ3) is 4.30. The Kier molecular flexibility index (Phi) is 5.50. The number of aryl methyl sites for hydroxylation is 1. The number of nitrogens with one attached hydrogen (secondary N) is 1. The highest BCUT2D eigenvalue weighted by molar-refractivity contribution is 5.61. The highest BCUT2D eigenvalue weighted by atomic mass is 16.5. The van der Waals surface area contributed by atoms with Crippen LogP contribution in [0.25, 0.3) is 11.3 Å². The number of H-pyrrole nitrogens is 1. The number of aromatic nitrogens is 3. The molecule has 2 heterocycles. The van der Waals surface area contributed by atoms with E-state index in [1.165, 1.54) is 5.56 Å². The van der Waals surface area contributed by atoms with Gasteiger partial charge in [0.1, 0.15) is 11.5 Å². The highest BCUT2D eigenvalue weighted by Crippen LogP contribution is 2.34. The fraction of sp³-hybridized carbons (Fsp3) is 0.0714. The van der Waals surface area contributed by atoms with Gasteiger partial charge in [-0.3, -0.25) is 10.1 Å². The van der Waals surface area contributed by atoms with Crippen LogP contribution in [0.2, 0.25) is 0 Å². The van der Waals surface area contributed by atoms with Crippen molar-refractivity contribution in [3.05, 3.63) is 132 Å². The van der Waals surface area contributed by atoms with Gasteiger partial charge < -0.3 is 4.74 Å². The van der Waals surface area contributed by atoms with Gasteiger partial charge in [0, 0.05) is 17.5 Å². The maximum absolute atomic E-state index is 6.25. The predicted molar refractivity (Wildman–Crippen MR) is 127 cm³/mol. The number of ether oxygens (including phenoxy) is 1. The van der Waals surface area contributed by atoms with E-state index >= 15 is 0 Å². The molecule has 0 aliphatic heterocycles. The molecule has 0 saturated carbocycles.